The summed E-state index contributed by atoms with van der Waals surface area (Å²) in [5.74, 6) is -2.12. The van der Waals surface area contributed by atoms with Crippen LogP contribution in [-0.4, -0.2) is 34.5 Å². The summed E-state index contributed by atoms with van der Waals surface area (Å²) in [4.78, 5) is 28.8. The molecule has 0 aliphatic carbocycles. The second-order valence-electron chi connectivity index (χ2n) is 5.54. The summed E-state index contributed by atoms with van der Waals surface area (Å²) in [6, 6.07) is 5.99. The summed E-state index contributed by atoms with van der Waals surface area (Å²) in [5.41, 5.74) is 4.67. The second kappa shape index (κ2) is 8.38. The Kier molecular flexibility index (Phi) is 6.42. The summed E-state index contributed by atoms with van der Waals surface area (Å²) < 4.78 is 50.9. The van der Waals surface area contributed by atoms with Crippen molar-refractivity contribution in [2.75, 3.05) is 12.8 Å². The van der Waals surface area contributed by atoms with E-state index in [9.17, 15) is 27.2 Å². The average Bonchev–Trinajstić information content (AvgIpc) is 2.59. The van der Waals surface area contributed by atoms with Crippen molar-refractivity contribution in [1.29, 1.82) is 0 Å². The van der Waals surface area contributed by atoms with Crippen LogP contribution < -0.4 is 5.73 Å². The highest BCUT2D eigenvalue weighted by molar-refractivity contribution is 7.99. The van der Waals surface area contributed by atoms with Crippen LogP contribution >= 0.6 is 11.8 Å². The van der Waals surface area contributed by atoms with E-state index in [0.717, 1.165) is 34.9 Å². The number of alkyl halides is 3. The number of carbonyl (C=O) groups is 2. The molecular formula is C17H15F4N3O2S. The molecule has 5 nitrogen and oxygen atoms in total. The van der Waals surface area contributed by atoms with Gasteiger partial charge in [0.05, 0.1) is 16.3 Å². The number of hydrogen-bond acceptors (Lipinski definition) is 4. The number of aromatic nitrogens is 1. The van der Waals surface area contributed by atoms with E-state index in [-0.39, 0.29) is 16.3 Å². The third-order valence-electron chi connectivity index (χ3n) is 3.62. The van der Waals surface area contributed by atoms with Gasteiger partial charge in [0, 0.05) is 13.2 Å². The number of hydrogen-bond donors (Lipinski definition) is 1. The molecule has 0 fully saturated rings. The molecule has 0 saturated heterocycles. The summed E-state index contributed by atoms with van der Waals surface area (Å²) >= 11 is 0.908. The van der Waals surface area contributed by atoms with E-state index in [0.29, 0.717) is 6.20 Å². The van der Waals surface area contributed by atoms with Gasteiger partial charge in [-0.1, -0.05) is 23.9 Å². The van der Waals surface area contributed by atoms with Crippen molar-refractivity contribution in [3.8, 4) is 0 Å². The third kappa shape index (κ3) is 5.43. The fourth-order valence-corrected chi connectivity index (χ4v) is 3.04. The number of rotatable bonds is 6. The van der Waals surface area contributed by atoms with Crippen LogP contribution in [0.1, 0.15) is 17.2 Å². The lowest BCUT2D eigenvalue weighted by molar-refractivity contribution is -0.138. The normalized spacial score (nSPS) is 12.5. The van der Waals surface area contributed by atoms with Gasteiger partial charge in [-0.3, -0.25) is 9.59 Å². The molecule has 0 saturated carbocycles. The summed E-state index contributed by atoms with van der Waals surface area (Å²) in [6.45, 7) is 0. The highest BCUT2D eigenvalue weighted by Gasteiger charge is 2.31. The highest BCUT2D eigenvalue weighted by Crippen LogP contribution is 2.29. The van der Waals surface area contributed by atoms with Crippen molar-refractivity contribution in [1.82, 2.24) is 9.88 Å². The van der Waals surface area contributed by atoms with Crippen LogP contribution in [-0.2, 0) is 15.8 Å². The van der Waals surface area contributed by atoms with Gasteiger partial charge in [0.2, 0.25) is 11.8 Å². The Bertz CT molecular complexity index is 828. The lowest BCUT2D eigenvalue weighted by atomic mass is 10.0. The molecule has 1 atom stereocenters. The van der Waals surface area contributed by atoms with Crippen LogP contribution in [0.25, 0.3) is 0 Å². The Morgan fingerprint density at radius 1 is 1.26 bits per heavy atom. The van der Waals surface area contributed by atoms with Gasteiger partial charge in [-0.15, -0.1) is 0 Å². The topological polar surface area (TPSA) is 76.3 Å². The molecule has 10 heteroatoms. The van der Waals surface area contributed by atoms with Crippen LogP contribution in [0.4, 0.5) is 17.6 Å². The minimum atomic E-state index is -4.49. The van der Waals surface area contributed by atoms with Gasteiger partial charge < -0.3 is 10.6 Å². The molecule has 0 spiro atoms. The molecule has 144 valence electrons. The standard InChI is InChI=1S/C17H15F4N3O2S/c1-24(15(16(22)26)10-3-2-4-12(18)7-10)14(25)9-27-13-6-5-11(8-23-13)17(19,20)21/h2-8,15H,9H2,1H3,(H2,22,26). The Morgan fingerprint density at radius 2 is 1.96 bits per heavy atom. The predicted octanol–water partition coefficient (Wildman–Crippen LogP) is 3.02. The number of amides is 2. The molecule has 2 aromatic rings. The monoisotopic (exact) mass is 401 g/mol. The molecule has 1 unspecified atom stereocenters. The van der Waals surface area contributed by atoms with E-state index >= 15 is 0 Å². The van der Waals surface area contributed by atoms with Gasteiger partial charge in [-0.25, -0.2) is 9.37 Å². The van der Waals surface area contributed by atoms with Gasteiger partial charge in [0.15, 0.2) is 0 Å². The Hall–Kier alpha value is -2.62. The van der Waals surface area contributed by atoms with Crippen LogP contribution in [0.15, 0.2) is 47.6 Å². The van der Waals surface area contributed by atoms with E-state index in [1.807, 2.05) is 0 Å². The Labute approximate surface area is 156 Å². The lowest BCUT2D eigenvalue weighted by Gasteiger charge is -2.26. The first-order chi connectivity index (χ1) is 12.6. The summed E-state index contributed by atoms with van der Waals surface area (Å²) in [7, 11) is 1.34. The van der Waals surface area contributed by atoms with E-state index < -0.39 is 35.4 Å². The molecule has 2 rings (SSSR count). The molecule has 0 aliphatic heterocycles. The fourth-order valence-electron chi connectivity index (χ4n) is 2.27. The molecular weight excluding hydrogens is 386 g/mol. The zero-order chi connectivity index (χ0) is 20.2. The molecule has 0 radical (unpaired) electrons. The number of likely N-dealkylation sites (N-methyl/N-ethyl adjacent to an activating group) is 1. The van der Waals surface area contributed by atoms with Crippen molar-refractivity contribution in [2.45, 2.75) is 17.2 Å². The molecule has 1 heterocycles. The van der Waals surface area contributed by atoms with Crippen molar-refractivity contribution in [3.63, 3.8) is 0 Å². The number of primary amides is 1. The van der Waals surface area contributed by atoms with Gasteiger partial charge >= 0.3 is 6.18 Å². The van der Waals surface area contributed by atoms with E-state index in [1.165, 1.54) is 25.2 Å². The van der Waals surface area contributed by atoms with Gasteiger partial charge in [-0.2, -0.15) is 13.2 Å². The maximum absolute atomic E-state index is 13.4. The highest BCUT2D eigenvalue weighted by atomic mass is 32.2. The maximum atomic E-state index is 13.4. The van der Waals surface area contributed by atoms with Crippen LogP contribution in [0, 0.1) is 5.82 Å². The van der Waals surface area contributed by atoms with Gasteiger partial charge in [0.25, 0.3) is 0 Å². The smallest absolute Gasteiger partial charge is 0.368 e. The van der Waals surface area contributed by atoms with Crippen LogP contribution in [0.2, 0.25) is 0 Å². The number of thioether (sulfide) groups is 1. The minimum Gasteiger partial charge on any atom is -0.368 e. The number of nitrogens with two attached hydrogens (primary N) is 1. The van der Waals surface area contributed by atoms with Crippen molar-refractivity contribution < 1.29 is 27.2 Å². The second-order valence-corrected chi connectivity index (χ2v) is 6.53. The molecule has 1 aromatic carbocycles. The first-order valence-corrected chi connectivity index (χ1v) is 8.54. The number of halogens is 4. The van der Waals surface area contributed by atoms with Crippen LogP contribution in [0.3, 0.4) is 0 Å². The maximum Gasteiger partial charge on any atom is 0.417 e. The first kappa shape index (κ1) is 20.7. The minimum absolute atomic E-state index is 0.187. The summed E-state index contributed by atoms with van der Waals surface area (Å²) in [6.07, 6.45) is -3.82. The van der Waals surface area contributed by atoms with Crippen molar-refractivity contribution in [3.05, 3.63) is 59.5 Å². The summed E-state index contributed by atoms with van der Waals surface area (Å²) in [5, 5.41) is 0.214. The lowest BCUT2D eigenvalue weighted by Crippen LogP contribution is -2.40. The quantitative estimate of drug-likeness (QED) is 0.596. The molecule has 2 amide bonds. The van der Waals surface area contributed by atoms with Crippen LogP contribution in [0.5, 0.6) is 0 Å². The van der Waals surface area contributed by atoms with E-state index in [1.54, 1.807) is 0 Å². The largest absolute Gasteiger partial charge is 0.417 e. The van der Waals surface area contributed by atoms with E-state index in [2.05, 4.69) is 4.98 Å². The Morgan fingerprint density at radius 3 is 2.48 bits per heavy atom. The van der Waals surface area contributed by atoms with E-state index in [4.69, 9.17) is 5.73 Å². The van der Waals surface area contributed by atoms with Gasteiger partial charge in [-0.05, 0) is 29.8 Å². The number of nitrogens with zero attached hydrogens (tertiary/aromatic N) is 2. The molecule has 0 aliphatic rings. The van der Waals surface area contributed by atoms with Crippen molar-refractivity contribution in [2.24, 2.45) is 5.73 Å². The number of benzene rings is 1. The fraction of sp³-hybridized carbons (Fsp3) is 0.235. The first-order valence-electron chi connectivity index (χ1n) is 7.56. The predicted molar refractivity (Wildman–Crippen MR) is 91.1 cm³/mol. The number of pyridine rings is 1. The Balaban J connectivity index is 2.06. The molecule has 27 heavy (non-hydrogen) atoms. The zero-order valence-electron chi connectivity index (χ0n) is 14.0. The molecule has 1 aromatic heterocycles. The molecule has 2 N–H and O–H groups in total. The molecule has 0 bridgehead atoms. The zero-order valence-corrected chi connectivity index (χ0v) is 14.9. The number of carbonyl (C=O) groups excluding carboxylic acids is 2. The third-order valence-corrected chi connectivity index (χ3v) is 4.55. The van der Waals surface area contributed by atoms with Crippen molar-refractivity contribution >= 4 is 23.6 Å². The average molecular weight is 401 g/mol. The SMILES string of the molecule is CN(C(=O)CSc1ccc(C(F)(F)F)cn1)C(C(N)=O)c1cccc(F)c1. The van der Waals surface area contributed by atoms with Gasteiger partial charge in [0.1, 0.15) is 11.9 Å².